The first-order valence-electron chi connectivity index (χ1n) is 5.06. The number of aromatic carboxylic acids is 1. The number of aromatic hydroxyl groups is 1. The predicted molar refractivity (Wildman–Crippen MR) is 74.3 cm³/mol. The number of hydrogen-bond donors (Lipinski definition) is 4. The Balaban J connectivity index is 2.20. The zero-order valence-corrected chi connectivity index (χ0v) is 11.5. The van der Waals surface area contributed by atoms with E-state index in [0.29, 0.717) is 0 Å². The highest BCUT2D eigenvalue weighted by atomic mass is 127. The molecule has 0 bridgehead atoms. The number of halogens is 1. The van der Waals surface area contributed by atoms with Crippen molar-refractivity contribution in [2.45, 2.75) is 0 Å². The molecule has 1 heterocycles. The van der Waals surface area contributed by atoms with Crippen molar-refractivity contribution in [2.75, 3.05) is 5.32 Å². The fraction of sp³-hybridized carbons (Fsp3) is 0. The van der Waals surface area contributed by atoms with Crippen molar-refractivity contribution in [1.29, 1.82) is 0 Å². The van der Waals surface area contributed by atoms with Gasteiger partial charge in [-0.15, -0.1) is 0 Å². The van der Waals surface area contributed by atoms with Crippen molar-refractivity contribution in [3.05, 3.63) is 39.1 Å². The molecule has 0 aliphatic heterocycles. The number of H-pyrrole nitrogens is 1. The molecule has 1 aromatic heterocycles. The molecule has 0 unspecified atom stereocenters. The highest BCUT2D eigenvalue weighted by Gasteiger charge is 2.14. The third-order valence-electron chi connectivity index (χ3n) is 2.25. The first-order chi connectivity index (χ1) is 8.97. The van der Waals surface area contributed by atoms with Gasteiger partial charge in [0.15, 0.2) is 5.82 Å². The van der Waals surface area contributed by atoms with Gasteiger partial charge in [0.25, 0.3) is 5.91 Å². The topological polar surface area (TPSA) is 115 Å². The molecular formula is C11H8IN3O4. The molecule has 8 heteroatoms. The van der Waals surface area contributed by atoms with Crippen LogP contribution in [0, 0.1) is 3.57 Å². The van der Waals surface area contributed by atoms with Crippen LogP contribution in [0.5, 0.6) is 5.75 Å². The smallest absolute Gasteiger partial charge is 0.353 e. The summed E-state index contributed by atoms with van der Waals surface area (Å²) in [4.78, 5) is 22.5. The number of nitrogens with zero attached hydrogens (tertiary/aromatic N) is 1. The number of amides is 1. The summed E-state index contributed by atoms with van der Waals surface area (Å²) in [6.07, 6.45) is 0. The SMILES string of the molecule is O=C(O)c1cc(NC(=O)c2cc(I)ccc2O)n[nH]1. The molecule has 0 aliphatic rings. The van der Waals surface area contributed by atoms with Crippen LogP contribution in [-0.4, -0.2) is 32.3 Å². The van der Waals surface area contributed by atoms with Gasteiger partial charge in [-0.1, -0.05) is 0 Å². The lowest BCUT2D eigenvalue weighted by molar-refractivity contribution is 0.0690. The third-order valence-corrected chi connectivity index (χ3v) is 2.92. The Hall–Kier alpha value is -2.10. The van der Waals surface area contributed by atoms with Crippen molar-refractivity contribution in [2.24, 2.45) is 0 Å². The van der Waals surface area contributed by atoms with Gasteiger partial charge >= 0.3 is 5.97 Å². The van der Waals surface area contributed by atoms with E-state index in [0.717, 1.165) is 3.57 Å². The molecule has 4 N–H and O–H groups in total. The maximum atomic E-state index is 11.9. The van der Waals surface area contributed by atoms with Crippen molar-refractivity contribution in [3.8, 4) is 5.75 Å². The lowest BCUT2D eigenvalue weighted by Crippen LogP contribution is -2.12. The van der Waals surface area contributed by atoms with Gasteiger partial charge < -0.3 is 15.5 Å². The molecule has 98 valence electrons. The molecule has 1 amide bonds. The number of benzene rings is 1. The van der Waals surface area contributed by atoms with Crippen LogP contribution in [0.15, 0.2) is 24.3 Å². The van der Waals surface area contributed by atoms with Gasteiger partial charge in [0.2, 0.25) is 0 Å². The van der Waals surface area contributed by atoms with E-state index in [1.807, 2.05) is 22.6 Å². The molecule has 0 saturated heterocycles. The second-order valence-electron chi connectivity index (χ2n) is 3.59. The number of phenolic OH excluding ortho intramolecular Hbond substituents is 1. The zero-order valence-electron chi connectivity index (χ0n) is 9.35. The summed E-state index contributed by atoms with van der Waals surface area (Å²) >= 11 is 2.01. The molecular weight excluding hydrogens is 365 g/mol. The Labute approximate surface area is 120 Å². The van der Waals surface area contributed by atoms with E-state index in [1.54, 1.807) is 6.07 Å². The summed E-state index contributed by atoms with van der Waals surface area (Å²) in [5, 5.41) is 26.6. The molecule has 0 atom stereocenters. The van der Waals surface area contributed by atoms with Crippen LogP contribution in [0.4, 0.5) is 5.82 Å². The van der Waals surface area contributed by atoms with E-state index in [1.165, 1.54) is 18.2 Å². The van der Waals surface area contributed by atoms with Crippen LogP contribution in [0.3, 0.4) is 0 Å². The average molecular weight is 373 g/mol. The molecule has 7 nitrogen and oxygen atoms in total. The van der Waals surface area contributed by atoms with E-state index in [2.05, 4.69) is 15.5 Å². The highest BCUT2D eigenvalue weighted by Crippen LogP contribution is 2.20. The maximum absolute atomic E-state index is 11.9. The van der Waals surface area contributed by atoms with Gasteiger partial charge in [-0.3, -0.25) is 9.89 Å². The number of phenols is 1. The van der Waals surface area contributed by atoms with Gasteiger partial charge in [-0.05, 0) is 40.8 Å². The normalized spacial score (nSPS) is 10.2. The largest absolute Gasteiger partial charge is 0.507 e. The molecule has 2 rings (SSSR count). The number of aromatic nitrogens is 2. The lowest BCUT2D eigenvalue weighted by atomic mass is 10.2. The number of anilines is 1. The summed E-state index contributed by atoms with van der Waals surface area (Å²) in [6, 6.07) is 5.76. The fourth-order valence-corrected chi connectivity index (χ4v) is 1.86. The summed E-state index contributed by atoms with van der Waals surface area (Å²) in [6.45, 7) is 0. The van der Waals surface area contributed by atoms with Crippen molar-refractivity contribution >= 4 is 40.3 Å². The monoisotopic (exact) mass is 373 g/mol. The average Bonchev–Trinajstić information content (AvgIpc) is 2.80. The van der Waals surface area contributed by atoms with E-state index in [-0.39, 0.29) is 22.8 Å². The Morgan fingerprint density at radius 2 is 2.05 bits per heavy atom. The van der Waals surface area contributed by atoms with E-state index in [4.69, 9.17) is 5.11 Å². The van der Waals surface area contributed by atoms with Gasteiger partial charge in [-0.2, -0.15) is 5.10 Å². The minimum absolute atomic E-state index is 0.0701. The van der Waals surface area contributed by atoms with Gasteiger partial charge in [-0.25, -0.2) is 4.79 Å². The molecule has 19 heavy (non-hydrogen) atoms. The van der Waals surface area contributed by atoms with Crippen LogP contribution in [0.2, 0.25) is 0 Å². The first-order valence-corrected chi connectivity index (χ1v) is 6.14. The predicted octanol–water partition coefficient (Wildman–Crippen LogP) is 1.67. The van der Waals surface area contributed by atoms with Crippen LogP contribution >= 0.6 is 22.6 Å². The second kappa shape index (κ2) is 5.26. The molecule has 0 fully saturated rings. The quantitative estimate of drug-likeness (QED) is 0.611. The molecule has 0 spiro atoms. The maximum Gasteiger partial charge on any atom is 0.353 e. The van der Waals surface area contributed by atoms with Gasteiger partial charge in [0, 0.05) is 9.64 Å². The van der Waals surface area contributed by atoms with Crippen LogP contribution in [0.1, 0.15) is 20.8 Å². The van der Waals surface area contributed by atoms with Gasteiger partial charge in [0.05, 0.1) is 5.56 Å². The number of carbonyl (C=O) groups is 2. The number of aromatic amines is 1. The van der Waals surface area contributed by atoms with E-state index >= 15 is 0 Å². The van der Waals surface area contributed by atoms with E-state index in [9.17, 15) is 14.7 Å². The van der Waals surface area contributed by atoms with E-state index < -0.39 is 11.9 Å². The molecule has 0 aliphatic carbocycles. The van der Waals surface area contributed by atoms with Crippen LogP contribution in [0.25, 0.3) is 0 Å². The third kappa shape index (κ3) is 3.02. The second-order valence-corrected chi connectivity index (χ2v) is 4.83. The van der Waals surface area contributed by atoms with Crippen LogP contribution in [-0.2, 0) is 0 Å². The standard InChI is InChI=1S/C11H8IN3O4/c12-5-1-2-8(16)6(3-5)10(17)13-9-4-7(11(18)19)14-15-9/h1-4,16H,(H,18,19)(H2,13,14,15,17). The summed E-state index contributed by atoms with van der Waals surface area (Å²) in [5.74, 6) is -1.84. The van der Waals surface area contributed by atoms with Crippen LogP contribution < -0.4 is 5.32 Å². The summed E-state index contributed by atoms with van der Waals surface area (Å²) < 4.78 is 0.786. The summed E-state index contributed by atoms with van der Waals surface area (Å²) in [7, 11) is 0. The van der Waals surface area contributed by atoms with Crippen molar-refractivity contribution < 1.29 is 19.8 Å². The molecule has 2 aromatic rings. The lowest BCUT2D eigenvalue weighted by Gasteiger charge is -2.04. The van der Waals surface area contributed by atoms with Crippen molar-refractivity contribution in [3.63, 3.8) is 0 Å². The first kappa shape index (κ1) is 13.3. The fourth-order valence-electron chi connectivity index (χ4n) is 1.37. The number of carbonyl (C=O) groups excluding carboxylic acids is 1. The Kier molecular flexibility index (Phi) is 3.69. The zero-order chi connectivity index (χ0) is 14.0. The van der Waals surface area contributed by atoms with Crippen molar-refractivity contribution in [1.82, 2.24) is 10.2 Å². The van der Waals surface area contributed by atoms with Gasteiger partial charge in [0.1, 0.15) is 11.4 Å². The summed E-state index contributed by atoms with van der Waals surface area (Å²) in [5.41, 5.74) is -0.0473. The Morgan fingerprint density at radius 1 is 1.32 bits per heavy atom. The highest BCUT2D eigenvalue weighted by molar-refractivity contribution is 14.1. The Bertz CT molecular complexity index is 653. The number of nitrogens with one attached hydrogen (secondary N) is 2. The minimum Gasteiger partial charge on any atom is -0.507 e. The minimum atomic E-state index is -1.18. The number of carboxylic acid groups (broad SMARTS) is 1. The molecule has 0 radical (unpaired) electrons. The number of rotatable bonds is 3. The number of carboxylic acids is 1. The molecule has 1 aromatic carbocycles. The number of hydrogen-bond acceptors (Lipinski definition) is 4. The Morgan fingerprint density at radius 3 is 2.68 bits per heavy atom. The molecule has 0 saturated carbocycles.